The lowest BCUT2D eigenvalue weighted by Crippen LogP contribution is -2.11. The van der Waals surface area contributed by atoms with Crippen LogP contribution < -0.4 is 0 Å². The van der Waals surface area contributed by atoms with Crippen LogP contribution in [0.25, 0.3) is 6.08 Å². The standard InChI is InChI=1S/C11H10O5/c12-10(13)7-16-9(11(14)15)6-8-4-2-1-3-5-8/h1-6H,7H2,(H,12,13)(H,14,15)/b9-6+. The van der Waals surface area contributed by atoms with Crippen LogP contribution in [0.2, 0.25) is 0 Å². The minimum Gasteiger partial charge on any atom is -0.479 e. The molecule has 5 nitrogen and oxygen atoms in total. The molecule has 16 heavy (non-hydrogen) atoms. The van der Waals surface area contributed by atoms with E-state index in [9.17, 15) is 9.59 Å². The maximum Gasteiger partial charge on any atom is 0.371 e. The monoisotopic (exact) mass is 222 g/mol. The topological polar surface area (TPSA) is 83.8 Å². The normalized spacial score (nSPS) is 10.9. The molecule has 1 rings (SSSR count). The SMILES string of the molecule is O=C(O)CO/C(=C/c1ccccc1)C(=O)O. The van der Waals surface area contributed by atoms with Crippen LogP contribution in [0.15, 0.2) is 36.1 Å². The second-order valence-corrected chi connectivity index (χ2v) is 2.91. The van der Waals surface area contributed by atoms with E-state index in [0.29, 0.717) is 5.56 Å². The number of carboxylic acids is 2. The molecule has 2 N–H and O–H groups in total. The van der Waals surface area contributed by atoms with E-state index < -0.39 is 24.3 Å². The highest BCUT2D eigenvalue weighted by molar-refractivity contribution is 5.90. The van der Waals surface area contributed by atoms with E-state index in [1.807, 2.05) is 0 Å². The molecule has 0 aromatic heterocycles. The predicted octanol–water partition coefficient (Wildman–Crippen LogP) is 1.21. The Bertz CT molecular complexity index is 408. The summed E-state index contributed by atoms with van der Waals surface area (Å²) in [7, 11) is 0. The molecule has 84 valence electrons. The van der Waals surface area contributed by atoms with Crippen molar-refractivity contribution in [2.45, 2.75) is 0 Å². The summed E-state index contributed by atoms with van der Waals surface area (Å²) in [6.45, 7) is -0.676. The van der Waals surface area contributed by atoms with E-state index >= 15 is 0 Å². The highest BCUT2D eigenvalue weighted by Crippen LogP contribution is 2.07. The fraction of sp³-hybridized carbons (Fsp3) is 0.0909. The quantitative estimate of drug-likeness (QED) is 0.578. The van der Waals surface area contributed by atoms with Gasteiger partial charge in [0.1, 0.15) is 0 Å². The Hall–Kier alpha value is -2.30. The molecular weight excluding hydrogens is 212 g/mol. The Balaban J connectivity index is 2.81. The minimum atomic E-state index is -1.30. The summed E-state index contributed by atoms with van der Waals surface area (Å²) in [4.78, 5) is 21.0. The van der Waals surface area contributed by atoms with Crippen molar-refractivity contribution < 1.29 is 24.5 Å². The van der Waals surface area contributed by atoms with E-state index in [1.54, 1.807) is 30.3 Å². The lowest BCUT2D eigenvalue weighted by Gasteiger charge is -2.03. The van der Waals surface area contributed by atoms with Crippen LogP contribution in [0.5, 0.6) is 0 Å². The summed E-state index contributed by atoms with van der Waals surface area (Å²) in [5.74, 6) is -2.92. The average molecular weight is 222 g/mol. The van der Waals surface area contributed by atoms with Gasteiger partial charge in [-0.05, 0) is 11.6 Å². The van der Waals surface area contributed by atoms with E-state index in [-0.39, 0.29) is 0 Å². The second-order valence-electron chi connectivity index (χ2n) is 2.91. The molecule has 0 aliphatic rings. The van der Waals surface area contributed by atoms with E-state index in [0.717, 1.165) is 0 Å². The highest BCUT2D eigenvalue weighted by Gasteiger charge is 2.10. The van der Waals surface area contributed by atoms with Crippen LogP contribution >= 0.6 is 0 Å². The van der Waals surface area contributed by atoms with Crippen LogP contribution in [0.1, 0.15) is 5.56 Å². The Labute approximate surface area is 91.6 Å². The zero-order valence-electron chi connectivity index (χ0n) is 8.29. The highest BCUT2D eigenvalue weighted by atomic mass is 16.5. The predicted molar refractivity (Wildman–Crippen MR) is 55.6 cm³/mol. The number of aliphatic carboxylic acids is 2. The van der Waals surface area contributed by atoms with E-state index in [2.05, 4.69) is 4.74 Å². The van der Waals surface area contributed by atoms with Crippen molar-refractivity contribution in [3.8, 4) is 0 Å². The zero-order chi connectivity index (χ0) is 12.0. The summed E-state index contributed by atoms with van der Waals surface area (Å²) in [6.07, 6.45) is 1.27. The Morgan fingerprint density at radius 2 is 1.81 bits per heavy atom. The number of benzene rings is 1. The van der Waals surface area contributed by atoms with Crippen molar-refractivity contribution in [3.05, 3.63) is 41.7 Å². The van der Waals surface area contributed by atoms with Gasteiger partial charge in [0.05, 0.1) is 0 Å². The molecule has 0 aliphatic heterocycles. The van der Waals surface area contributed by atoms with Crippen molar-refractivity contribution in [3.63, 3.8) is 0 Å². The number of carbonyl (C=O) groups is 2. The third-order valence-electron chi connectivity index (χ3n) is 1.66. The van der Waals surface area contributed by atoms with Crippen molar-refractivity contribution in [1.82, 2.24) is 0 Å². The second kappa shape index (κ2) is 5.55. The van der Waals surface area contributed by atoms with E-state index in [1.165, 1.54) is 6.08 Å². The first-order valence-corrected chi connectivity index (χ1v) is 4.44. The third kappa shape index (κ3) is 3.83. The molecule has 0 atom stereocenters. The van der Waals surface area contributed by atoms with Gasteiger partial charge in [0, 0.05) is 0 Å². The van der Waals surface area contributed by atoms with Crippen LogP contribution in [0, 0.1) is 0 Å². The van der Waals surface area contributed by atoms with Gasteiger partial charge in [0.15, 0.2) is 6.61 Å². The molecule has 1 aromatic carbocycles. The van der Waals surface area contributed by atoms with Crippen LogP contribution in [-0.4, -0.2) is 28.8 Å². The molecule has 0 heterocycles. The van der Waals surface area contributed by atoms with Crippen LogP contribution in [-0.2, 0) is 14.3 Å². The first-order chi connectivity index (χ1) is 7.59. The van der Waals surface area contributed by atoms with Crippen LogP contribution in [0.3, 0.4) is 0 Å². The molecule has 0 saturated heterocycles. The molecule has 0 fully saturated rings. The number of hydrogen-bond donors (Lipinski definition) is 2. The molecule has 0 bridgehead atoms. The Morgan fingerprint density at radius 1 is 1.19 bits per heavy atom. The van der Waals surface area contributed by atoms with Gasteiger partial charge in [-0.2, -0.15) is 0 Å². The Kier molecular flexibility index (Phi) is 4.08. The molecule has 0 spiro atoms. The van der Waals surface area contributed by atoms with Gasteiger partial charge in [0.2, 0.25) is 5.76 Å². The van der Waals surface area contributed by atoms with Gasteiger partial charge in [-0.15, -0.1) is 0 Å². The van der Waals surface area contributed by atoms with Gasteiger partial charge in [-0.25, -0.2) is 9.59 Å². The Morgan fingerprint density at radius 3 is 2.31 bits per heavy atom. The number of ether oxygens (including phenoxy) is 1. The summed E-state index contributed by atoms with van der Waals surface area (Å²) in [5.41, 5.74) is 0.630. The summed E-state index contributed by atoms with van der Waals surface area (Å²) in [5, 5.41) is 17.1. The van der Waals surface area contributed by atoms with Gasteiger partial charge < -0.3 is 14.9 Å². The van der Waals surface area contributed by atoms with Gasteiger partial charge in [-0.3, -0.25) is 0 Å². The molecule has 1 aromatic rings. The van der Waals surface area contributed by atoms with Crippen molar-refractivity contribution >= 4 is 18.0 Å². The molecule has 5 heteroatoms. The first kappa shape index (κ1) is 11.8. The molecule has 0 radical (unpaired) electrons. The molecule has 0 unspecified atom stereocenters. The lowest BCUT2D eigenvalue weighted by atomic mass is 10.2. The number of hydrogen-bond acceptors (Lipinski definition) is 3. The summed E-state index contributed by atoms with van der Waals surface area (Å²) < 4.78 is 4.63. The van der Waals surface area contributed by atoms with Gasteiger partial charge >= 0.3 is 11.9 Å². The maximum atomic E-state index is 10.7. The van der Waals surface area contributed by atoms with Crippen LogP contribution in [0.4, 0.5) is 0 Å². The number of carboxylic acid groups (broad SMARTS) is 2. The third-order valence-corrected chi connectivity index (χ3v) is 1.66. The number of rotatable bonds is 5. The fourth-order valence-electron chi connectivity index (χ4n) is 1.01. The van der Waals surface area contributed by atoms with Crippen molar-refractivity contribution in [2.75, 3.05) is 6.61 Å². The summed E-state index contributed by atoms with van der Waals surface area (Å²) >= 11 is 0. The molecule has 0 aliphatic carbocycles. The zero-order valence-corrected chi connectivity index (χ0v) is 8.29. The van der Waals surface area contributed by atoms with Crippen molar-refractivity contribution in [1.29, 1.82) is 0 Å². The van der Waals surface area contributed by atoms with E-state index in [4.69, 9.17) is 10.2 Å². The molecular formula is C11H10O5. The minimum absolute atomic E-state index is 0.395. The van der Waals surface area contributed by atoms with Gasteiger partial charge in [0.25, 0.3) is 0 Å². The maximum absolute atomic E-state index is 10.7. The lowest BCUT2D eigenvalue weighted by molar-refractivity contribution is -0.143. The largest absolute Gasteiger partial charge is 0.479 e. The first-order valence-electron chi connectivity index (χ1n) is 4.44. The van der Waals surface area contributed by atoms with Gasteiger partial charge in [-0.1, -0.05) is 30.3 Å². The average Bonchev–Trinajstić information content (AvgIpc) is 2.25. The smallest absolute Gasteiger partial charge is 0.371 e. The molecule has 0 amide bonds. The summed E-state index contributed by atoms with van der Waals surface area (Å²) in [6, 6.07) is 8.64. The molecule has 0 saturated carbocycles. The fourth-order valence-corrected chi connectivity index (χ4v) is 1.01. The van der Waals surface area contributed by atoms with Crippen molar-refractivity contribution in [2.24, 2.45) is 0 Å².